The maximum absolute atomic E-state index is 12.8. The second kappa shape index (κ2) is 7.97. The van der Waals surface area contributed by atoms with E-state index in [9.17, 15) is 4.79 Å². The molecular weight excluding hydrogens is 398 g/mol. The van der Waals surface area contributed by atoms with Crippen LogP contribution >= 0.6 is 46.4 Å². The Morgan fingerprint density at radius 3 is 1.56 bits per heavy atom. The molecule has 1 aliphatic rings. The van der Waals surface area contributed by atoms with Gasteiger partial charge in [-0.25, -0.2) is 0 Å². The van der Waals surface area contributed by atoms with Crippen molar-refractivity contribution in [2.75, 3.05) is 0 Å². The van der Waals surface area contributed by atoms with Crippen molar-refractivity contribution in [2.45, 2.75) is 19.3 Å². The number of benzene rings is 2. The predicted octanol–water partition coefficient (Wildman–Crippen LogP) is 7.52. The predicted molar refractivity (Wildman–Crippen MR) is 108 cm³/mol. The summed E-state index contributed by atoms with van der Waals surface area (Å²) in [5, 5.41) is 2.20. The van der Waals surface area contributed by atoms with Gasteiger partial charge >= 0.3 is 0 Å². The number of carbonyl (C=O) groups excluding carboxylic acids is 1. The van der Waals surface area contributed by atoms with Crippen LogP contribution in [-0.2, 0) is 4.79 Å². The first-order valence-corrected chi connectivity index (χ1v) is 9.31. The molecule has 2 aromatic carbocycles. The van der Waals surface area contributed by atoms with Gasteiger partial charge in [0.2, 0.25) is 0 Å². The lowest BCUT2D eigenvalue weighted by Crippen LogP contribution is -2.12. The van der Waals surface area contributed by atoms with Crippen LogP contribution in [0.15, 0.2) is 47.5 Å². The van der Waals surface area contributed by atoms with E-state index in [1.165, 1.54) is 0 Å². The van der Waals surface area contributed by atoms with Gasteiger partial charge in [0.15, 0.2) is 5.78 Å². The van der Waals surface area contributed by atoms with Crippen LogP contribution in [-0.4, -0.2) is 5.78 Å². The van der Waals surface area contributed by atoms with Crippen LogP contribution in [0, 0.1) is 0 Å². The molecule has 0 N–H and O–H groups in total. The number of Topliss-reactive ketones (excluding diaryl/α,β-unsaturated/α-hetero) is 1. The molecule has 0 aromatic heterocycles. The summed E-state index contributed by atoms with van der Waals surface area (Å²) in [4.78, 5) is 12.8. The first-order valence-electron chi connectivity index (χ1n) is 7.80. The van der Waals surface area contributed by atoms with Gasteiger partial charge in [0.25, 0.3) is 0 Å². The number of ketones is 1. The van der Waals surface area contributed by atoms with Gasteiger partial charge in [-0.2, -0.15) is 0 Å². The number of rotatable bonds is 2. The SMILES string of the molecule is O=C1/C(=C\c2ccc(Cl)cc2Cl)CCC/C1=C\c1ccc(Cl)cc1Cl. The third kappa shape index (κ3) is 4.48. The van der Waals surface area contributed by atoms with E-state index in [1.54, 1.807) is 24.3 Å². The molecule has 1 saturated carbocycles. The second-order valence-corrected chi connectivity index (χ2v) is 7.54. The second-order valence-electron chi connectivity index (χ2n) is 5.85. The zero-order valence-electron chi connectivity index (χ0n) is 13.2. The number of allylic oxidation sites excluding steroid dienone is 2. The van der Waals surface area contributed by atoms with E-state index in [0.29, 0.717) is 20.1 Å². The molecule has 3 rings (SSSR count). The fourth-order valence-electron chi connectivity index (χ4n) is 2.79. The molecule has 0 saturated heterocycles. The van der Waals surface area contributed by atoms with Crippen molar-refractivity contribution in [1.29, 1.82) is 0 Å². The molecule has 0 bridgehead atoms. The van der Waals surface area contributed by atoms with Crippen LogP contribution in [0.2, 0.25) is 20.1 Å². The number of hydrogen-bond acceptors (Lipinski definition) is 1. The van der Waals surface area contributed by atoms with Crippen molar-refractivity contribution in [2.24, 2.45) is 0 Å². The van der Waals surface area contributed by atoms with Gasteiger partial charge in [0.05, 0.1) is 0 Å². The molecule has 1 fully saturated rings. The number of hydrogen-bond donors (Lipinski definition) is 0. The highest BCUT2D eigenvalue weighted by Crippen LogP contribution is 2.32. The highest BCUT2D eigenvalue weighted by Gasteiger charge is 2.21. The molecule has 1 aliphatic carbocycles. The molecule has 2 aromatic rings. The highest BCUT2D eigenvalue weighted by molar-refractivity contribution is 6.36. The van der Waals surface area contributed by atoms with Crippen molar-refractivity contribution >= 4 is 64.3 Å². The smallest absolute Gasteiger partial charge is 0.185 e. The third-order valence-electron chi connectivity index (χ3n) is 4.06. The van der Waals surface area contributed by atoms with Gasteiger partial charge in [-0.15, -0.1) is 0 Å². The standard InChI is InChI=1S/C20H14Cl4O/c21-16-6-4-12(18(23)10-16)8-14-2-1-3-15(20(14)25)9-13-5-7-17(22)11-19(13)24/h4-11H,1-3H2/b14-8-,15-9+. The molecule has 25 heavy (non-hydrogen) atoms. The van der Waals surface area contributed by atoms with Crippen molar-refractivity contribution in [3.8, 4) is 0 Å². The van der Waals surface area contributed by atoms with Crippen LogP contribution in [0.3, 0.4) is 0 Å². The van der Waals surface area contributed by atoms with Crippen LogP contribution < -0.4 is 0 Å². The molecule has 0 aliphatic heterocycles. The Morgan fingerprint density at radius 1 is 0.720 bits per heavy atom. The summed E-state index contributed by atoms with van der Waals surface area (Å²) >= 11 is 24.3. The Bertz CT molecular complexity index is 825. The highest BCUT2D eigenvalue weighted by atomic mass is 35.5. The van der Waals surface area contributed by atoms with E-state index in [0.717, 1.165) is 41.5 Å². The minimum Gasteiger partial charge on any atom is -0.289 e. The largest absolute Gasteiger partial charge is 0.289 e. The van der Waals surface area contributed by atoms with Crippen molar-refractivity contribution in [3.63, 3.8) is 0 Å². The first-order chi connectivity index (χ1) is 11.9. The molecule has 128 valence electrons. The molecule has 0 heterocycles. The Labute approximate surface area is 166 Å². The molecule has 0 amide bonds. The monoisotopic (exact) mass is 410 g/mol. The van der Waals surface area contributed by atoms with Gasteiger partial charge in [-0.3, -0.25) is 4.79 Å². The number of carbonyl (C=O) groups is 1. The van der Waals surface area contributed by atoms with Crippen molar-refractivity contribution in [1.82, 2.24) is 0 Å². The lowest BCUT2D eigenvalue weighted by Gasteiger charge is -2.17. The van der Waals surface area contributed by atoms with Gasteiger partial charge in [0.1, 0.15) is 0 Å². The van der Waals surface area contributed by atoms with Crippen LogP contribution in [0.25, 0.3) is 12.2 Å². The number of halogens is 4. The van der Waals surface area contributed by atoms with Crippen molar-refractivity contribution < 1.29 is 4.79 Å². The van der Waals surface area contributed by atoms with E-state index in [2.05, 4.69) is 0 Å². The normalized spacial score (nSPS) is 18.2. The van der Waals surface area contributed by atoms with E-state index in [-0.39, 0.29) is 5.78 Å². The van der Waals surface area contributed by atoms with E-state index >= 15 is 0 Å². The first kappa shape index (κ1) is 18.5. The average molecular weight is 412 g/mol. The summed E-state index contributed by atoms with van der Waals surface area (Å²) in [6.45, 7) is 0. The zero-order chi connectivity index (χ0) is 18.0. The summed E-state index contributed by atoms with van der Waals surface area (Å²) in [5.41, 5.74) is 3.07. The minimum absolute atomic E-state index is 0.0308. The molecular formula is C20H14Cl4O. The van der Waals surface area contributed by atoms with Gasteiger partial charge in [0, 0.05) is 31.2 Å². The van der Waals surface area contributed by atoms with E-state index in [4.69, 9.17) is 46.4 Å². The molecule has 0 unspecified atom stereocenters. The van der Waals surface area contributed by atoms with Crippen molar-refractivity contribution in [3.05, 3.63) is 78.8 Å². The topological polar surface area (TPSA) is 17.1 Å². The van der Waals surface area contributed by atoms with Gasteiger partial charge in [-0.05, 0) is 66.8 Å². The molecule has 0 spiro atoms. The van der Waals surface area contributed by atoms with E-state index < -0.39 is 0 Å². The van der Waals surface area contributed by atoms with Crippen LogP contribution in [0.1, 0.15) is 30.4 Å². The summed E-state index contributed by atoms with van der Waals surface area (Å²) < 4.78 is 0. The van der Waals surface area contributed by atoms with E-state index in [1.807, 2.05) is 24.3 Å². The zero-order valence-corrected chi connectivity index (χ0v) is 16.2. The summed E-state index contributed by atoms with van der Waals surface area (Å²) in [6.07, 6.45) is 6.04. The van der Waals surface area contributed by atoms with Gasteiger partial charge in [-0.1, -0.05) is 58.5 Å². The maximum Gasteiger partial charge on any atom is 0.185 e. The Hall–Kier alpha value is -1.25. The van der Waals surface area contributed by atoms with Crippen LogP contribution in [0.5, 0.6) is 0 Å². The fraction of sp³-hybridized carbons (Fsp3) is 0.150. The fourth-order valence-corrected chi connectivity index (χ4v) is 3.72. The average Bonchev–Trinajstić information content (AvgIpc) is 2.56. The quantitative estimate of drug-likeness (QED) is 0.467. The van der Waals surface area contributed by atoms with Crippen LogP contribution in [0.4, 0.5) is 0 Å². The molecule has 1 nitrogen and oxygen atoms in total. The Balaban J connectivity index is 1.93. The molecule has 0 atom stereocenters. The molecule has 0 radical (unpaired) electrons. The maximum atomic E-state index is 12.8. The Kier molecular flexibility index (Phi) is 5.91. The lowest BCUT2D eigenvalue weighted by molar-refractivity contribution is -0.112. The minimum atomic E-state index is 0.0308. The van der Waals surface area contributed by atoms with Gasteiger partial charge < -0.3 is 0 Å². The lowest BCUT2D eigenvalue weighted by atomic mass is 9.87. The molecule has 5 heteroatoms. The third-order valence-corrected chi connectivity index (χ3v) is 5.18. The summed E-state index contributed by atoms with van der Waals surface area (Å²) in [7, 11) is 0. The summed E-state index contributed by atoms with van der Waals surface area (Å²) in [6, 6.07) is 10.5. The Morgan fingerprint density at radius 2 is 1.16 bits per heavy atom. The summed E-state index contributed by atoms with van der Waals surface area (Å²) in [5.74, 6) is 0.0308.